The lowest BCUT2D eigenvalue weighted by atomic mass is 10.1. The normalized spacial score (nSPS) is 11.8. The SMILES string of the molecule is Cc1ccn(CC(C)C(=O)Nc2cnn(CC(=O)Nc3ccc(F)cc3)c2)n1. The lowest BCUT2D eigenvalue weighted by molar-refractivity contribution is -0.120. The number of rotatable bonds is 7. The van der Waals surface area contributed by atoms with Crippen molar-refractivity contribution in [3.63, 3.8) is 0 Å². The Kier molecular flexibility index (Phi) is 5.83. The van der Waals surface area contributed by atoms with Gasteiger partial charge in [-0.05, 0) is 37.3 Å². The Morgan fingerprint density at radius 2 is 1.86 bits per heavy atom. The maximum Gasteiger partial charge on any atom is 0.246 e. The second-order valence-electron chi connectivity index (χ2n) is 6.55. The third kappa shape index (κ3) is 5.26. The molecule has 1 atom stereocenters. The number of benzene rings is 1. The summed E-state index contributed by atoms with van der Waals surface area (Å²) in [6.07, 6.45) is 4.89. The van der Waals surface area contributed by atoms with Crippen molar-refractivity contribution in [2.75, 3.05) is 10.6 Å². The first-order chi connectivity index (χ1) is 13.4. The fourth-order valence-corrected chi connectivity index (χ4v) is 2.59. The molecular formula is C19H21FN6O2. The van der Waals surface area contributed by atoms with Crippen LogP contribution in [0.15, 0.2) is 48.9 Å². The van der Waals surface area contributed by atoms with Gasteiger partial charge in [-0.1, -0.05) is 6.92 Å². The lowest BCUT2D eigenvalue weighted by Gasteiger charge is -2.11. The quantitative estimate of drug-likeness (QED) is 0.654. The fourth-order valence-electron chi connectivity index (χ4n) is 2.59. The number of hydrogen-bond donors (Lipinski definition) is 2. The van der Waals surface area contributed by atoms with Gasteiger partial charge in [-0.2, -0.15) is 10.2 Å². The molecule has 0 aliphatic rings. The summed E-state index contributed by atoms with van der Waals surface area (Å²) in [6, 6.07) is 7.37. The molecular weight excluding hydrogens is 363 g/mol. The summed E-state index contributed by atoms with van der Waals surface area (Å²) in [4.78, 5) is 24.4. The summed E-state index contributed by atoms with van der Waals surface area (Å²) in [5.74, 6) is -1.13. The van der Waals surface area contributed by atoms with Crippen LogP contribution in [0.4, 0.5) is 15.8 Å². The predicted octanol–water partition coefficient (Wildman–Crippen LogP) is 2.44. The Bertz CT molecular complexity index is 963. The third-order valence-electron chi connectivity index (χ3n) is 4.02. The van der Waals surface area contributed by atoms with Gasteiger partial charge in [-0.25, -0.2) is 4.39 Å². The van der Waals surface area contributed by atoms with Crippen LogP contribution in [0.25, 0.3) is 0 Å². The molecule has 1 unspecified atom stereocenters. The average molecular weight is 384 g/mol. The number of aromatic nitrogens is 4. The van der Waals surface area contributed by atoms with Crippen LogP contribution in [0, 0.1) is 18.7 Å². The van der Waals surface area contributed by atoms with E-state index in [1.54, 1.807) is 10.9 Å². The van der Waals surface area contributed by atoms with Gasteiger partial charge < -0.3 is 10.6 Å². The molecule has 146 valence electrons. The van der Waals surface area contributed by atoms with Gasteiger partial charge in [0.2, 0.25) is 11.8 Å². The highest BCUT2D eigenvalue weighted by Crippen LogP contribution is 2.11. The average Bonchev–Trinajstić information content (AvgIpc) is 3.25. The lowest BCUT2D eigenvalue weighted by Crippen LogP contribution is -2.24. The Morgan fingerprint density at radius 1 is 1.11 bits per heavy atom. The molecule has 28 heavy (non-hydrogen) atoms. The highest BCUT2D eigenvalue weighted by Gasteiger charge is 2.15. The van der Waals surface area contributed by atoms with Crippen molar-refractivity contribution < 1.29 is 14.0 Å². The summed E-state index contributed by atoms with van der Waals surface area (Å²) < 4.78 is 16.0. The maximum atomic E-state index is 12.9. The molecule has 0 bridgehead atoms. The second kappa shape index (κ2) is 8.47. The van der Waals surface area contributed by atoms with Crippen molar-refractivity contribution in [2.45, 2.75) is 26.9 Å². The number of anilines is 2. The van der Waals surface area contributed by atoms with Crippen molar-refractivity contribution in [1.82, 2.24) is 19.6 Å². The Morgan fingerprint density at radius 3 is 2.54 bits per heavy atom. The van der Waals surface area contributed by atoms with Crippen LogP contribution in [0.5, 0.6) is 0 Å². The minimum atomic E-state index is -0.373. The van der Waals surface area contributed by atoms with Crippen molar-refractivity contribution in [2.24, 2.45) is 5.92 Å². The maximum absolute atomic E-state index is 12.9. The molecule has 2 aromatic heterocycles. The van der Waals surface area contributed by atoms with Gasteiger partial charge in [0.25, 0.3) is 0 Å². The van der Waals surface area contributed by atoms with E-state index in [0.717, 1.165) is 5.69 Å². The molecule has 2 heterocycles. The van der Waals surface area contributed by atoms with E-state index in [0.29, 0.717) is 17.9 Å². The standard InChI is InChI=1S/C19H21FN6O2/c1-13(10-25-8-7-14(2)24-25)19(28)23-17-9-21-26(11-17)12-18(27)22-16-5-3-15(20)4-6-16/h3-9,11,13H,10,12H2,1-2H3,(H,22,27)(H,23,28). The molecule has 8 nitrogen and oxygen atoms in total. The van der Waals surface area contributed by atoms with Gasteiger partial charge in [-0.15, -0.1) is 0 Å². The predicted molar refractivity (Wildman–Crippen MR) is 102 cm³/mol. The molecule has 1 aromatic carbocycles. The zero-order chi connectivity index (χ0) is 20.1. The van der Waals surface area contributed by atoms with Gasteiger partial charge in [0.1, 0.15) is 12.4 Å². The largest absolute Gasteiger partial charge is 0.324 e. The summed E-state index contributed by atoms with van der Waals surface area (Å²) in [5, 5.41) is 13.8. The Balaban J connectivity index is 1.50. The molecule has 2 amide bonds. The van der Waals surface area contributed by atoms with E-state index in [9.17, 15) is 14.0 Å². The molecule has 2 N–H and O–H groups in total. The zero-order valence-electron chi connectivity index (χ0n) is 15.6. The minimum Gasteiger partial charge on any atom is -0.324 e. The van der Waals surface area contributed by atoms with Gasteiger partial charge in [0.05, 0.1) is 30.0 Å². The van der Waals surface area contributed by atoms with Crippen LogP contribution in [-0.4, -0.2) is 31.4 Å². The first-order valence-electron chi connectivity index (χ1n) is 8.78. The molecule has 0 spiro atoms. The molecule has 0 fully saturated rings. The number of halogens is 1. The molecule has 3 rings (SSSR count). The molecule has 0 saturated heterocycles. The number of amides is 2. The minimum absolute atomic E-state index is 0.0324. The van der Waals surface area contributed by atoms with Gasteiger partial charge >= 0.3 is 0 Å². The van der Waals surface area contributed by atoms with Gasteiger partial charge in [0.15, 0.2) is 0 Å². The van der Waals surface area contributed by atoms with E-state index in [1.165, 1.54) is 35.1 Å². The number of carbonyl (C=O) groups is 2. The molecule has 0 aliphatic carbocycles. The van der Waals surface area contributed by atoms with Crippen molar-refractivity contribution >= 4 is 23.2 Å². The van der Waals surface area contributed by atoms with Crippen LogP contribution in [0.2, 0.25) is 0 Å². The van der Waals surface area contributed by atoms with Crippen LogP contribution < -0.4 is 10.6 Å². The van der Waals surface area contributed by atoms with Crippen LogP contribution >= 0.6 is 0 Å². The summed E-state index contributed by atoms with van der Waals surface area (Å²) in [7, 11) is 0. The van der Waals surface area contributed by atoms with Crippen LogP contribution in [0.1, 0.15) is 12.6 Å². The Labute approximate surface area is 161 Å². The monoisotopic (exact) mass is 384 g/mol. The summed E-state index contributed by atoms with van der Waals surface area (Å²) in [5.41, 5.74) is 1.89. The van der Waals surface area contributed by atoms with E-state index in [1.807, 2.05) is 26.1 Å². The number of carbonyl (C=O) groups excluding carboxylic acids is 2. The van der Waals surface area contributed by atoms with Crippen LogP contribution in [0.3, 0.4) is 0 Å². The van der Waals surface area contributed by atoms with Gasteiger partial charge in [-0.3, -0.25) is 19.0 Å². The first kappa shape index (κ1) is 19.3. The Hall–Kier alpha value is -3.49. The topological polar surface area (TPSA) is 93.8 Å². The van der Waals surface area contributed by atoms with Crippen molar-refractivity contribution in [3.8, 4) is 0 Å². The molecule has 0 saturated carbocycles. The van der Waals surface area contributed by atoms with Crippen molar-refractivity contribution in [3.05, 3.63) is 60.4 Å². The second-order valence-corrected chi connectivity index (χ2v) is 6.55. The van der Waals surface area contributed by atoms with Crippen LogP contribution in [-0.2, 0) is 22.7 Å². The van der Waals surface area contributed by atoms with Crippen molar-refractivity contribution in [1.29, 1.82) is 0 Å². The molecule has 3 aromatic rings. The molecule has 0 radical (unpaired) electrons. The zero-order valence-corrected chi connectivity index (χ0v) is 15.6. The number of nitrogens with zero attached hydrogens (tertiary/aromatic N) is 4. The van der Waals surface area contributed by atoms with E-state index in [-0.39, 0.29) is 30.1 Å². The number of aryl methyl sites for hydroxylation is 1. The van der Waals surface area contributed by atoms with E-state index in [2.05, 4.69) is 20.8 Å². The van der Waals surface area contributed by atoms with Gasteiger partial charge in [0, 0.05) is 18.1 Å². The van der Waals surface area contributed by atoms with E-state index >= 15 is 0 Å². The highest BCUT2D eigenvalue weighted by atomic mass is 19.1. The number of nitrogens with one attached hydrogen (secondary N) is 2. The molecule has 0 aliphatic heterocycles. The van der Waals surface area contributed by atoms with E-state index in [4.69, 9.17) is 0 Å². The molecule has 9 heteroatoms. The first-order valence-corrected chi connectivity index (χ1v) is 8.78. The highest BCUT2D eigenvalue weighted by molar-refractivity contribution is 5.92. The number of hydrogen-bond acceptors (Lipinski definition) is 4. The van der Waals surface area contributed by atoms with E-state index < -0.39 is 0 Å². The third-order valence-corrected chi connectivity index (χ3v) is 4.02. The summed E-state index contributed by atoms with van der Waals surface area (Å²) >= 11 is 0. The fraction of sp³-hybridized carbons (Fsp3) is 0.263. The smallest absolute Gasteiger partial charge is 0.246 e. The summed E-state index contributed by atoms with van der Waals surface area (Å²) in [6.45, 7) is 4.14.